The highest BCUT2D eigenvalue weighted by molar-refractivity contribution is 5.71. The van der Waals surface area contributed by atoms with Crippen LogP contribution >= 0.6 is 0 Å². The molecule has 7 heteroatoms. The summed E-state index contributed by atoms with van der Waals surface area (Å²) in [5.41, 5.74) is 6.22. The summed E-state index contributed by atoms with van der Waals surface area (Å²) >= 11 is 0. The van der Waals surface area contributed by atoms with Gasteiger partial charge in [-0.3, -0.25) is 4.79 Å². The molecule has 19 heavy (non-hydrogen) atoms. The van der Waals surface area contributed by atoms with Gasteiger partial charge < -0.3 is 20.5 Å². The maximum Gasteiger partial charge on any atom is 0.307 e. The van der Waals surface area contributed by atoms with Gasteiger partial charge in [0, 0.05) is 6.54 Å². The molecule has 0 aromatic carbocycles. The largest absolute Gasteiger partial charge is 0.476 e. The molecule has 3 N–H and O–H groups in total. The number of aromatic nitrogens is 2. The van der Waals surface area contributed by atoms with Crippen LogP contribution in [0.15, 0.2) is 6.33 Å². The molecule has 0 aliphatic carbocycles. The van der Waals surface area contributed by atoms with Crippen LogP contribution in [0.4, 0.5) is 11.5 Å². The van der Waals surface area contributed by atoms with Gasteiger partial charge in [-0.2, -0.15) is 4.98 Å². The standard InChI is InChI=1S/C12H20N4O3/c1-3-7-19-12-10(13)11(15-8-16-12)14-6-5-9(17)18-4-2/h8H,3-7,13H2,1-2H3,(H,14,15,16). The molecule has 0 fully saturated rings. The molecular formula is C12H20N4O3. The third kappa shape index (κ3) is 4.99. The third-order valence-corrected chi connectivity index (χ3v) is 2.22. The van der Waals surface area contributed by atoms with Crippen molar-refractivity contribution in [3.8, 4) is 5.88 Å². The third-order valence-electron chi connectivity index (χ3n) is 2.22. The number of hydrogen-bond donors (Lipinski definition) is 2. The minimum absolute atomic E-state index is 0.252. The minimum atomic E-state index is -0.259. The molecule has 0 bridgehead atoms. The molecule has 7 nitrogen and oxygen atoms in total. The Kier molecular flexibility index (Phi) is 6.42. The molecule has 0 atom stereocenters. The molecule has 0 saturated heterocycles. The maximum absolute atomic E-state index is 11.2. The summed E-state index contributed by atoms with van der Waals surface area (Å²) in [7, 11) is 0. The predicted octanol–water partition coefficient (Wildman–Crippen LogP) is 1.21. The number of anilines is 2. The molecule has 1 heterocycles. The Labute approximate surface area is 112 Å². The van der Waals surface area contributed by atoms with E-state index in [1.807, 2.05) is 6.92 Å². The highest BCUT2D eigenvalue weighted by atomic mass is 16.5. The average molecular weight is 268 g/mol. The molecule has 1 rings (SSSR count). The van der Waals surface area contributed by atoms with Crippen LogP contribution in [0.25, 0.3) is 0 Å². The first-order valence-corrected chi connectivity index (χ1v) is 6.31. The van der Waals surface area contributed by atoms with Gasteiger partial charge in [-0.25, -0.2) is 4.98 Å². The molecule has 0 aliphatic heterocycles. The second-order valence-corrected chi connectivity index (χ2v) is 3.77. The van der Waals surface area contributed by atoms with Crippen molar-refractivity contribution in [2.45, 2.75) is 26.7 Å². The highest BCUT2D eigenvalue weighted by Crippen LogP contribution is 2.24. The monoisotopic (exact) mass is 268 g/mol. The Morgan fingerprint density at radius 2 is 2.21 bits per heavy atom. The molecule has 1 aromatic rings. The lowest BCUT2D eigenvalue weighted by Crippen LogP contribution is -2.13. The summed E-state index contributed by atoms with van der Waals surface area (Å²) in [6.07, 6.45) is 2.49. The fourth-order valence-electron chi connectivity index (χ4n) is 1.35. The fourth-order valence-corrected chi connectivity index (χ4v) is 1.35. The number of nitrogen functional groups attached to an aromatic ring is 1. The summed E-state index contributed by atoms with van der Waals surface area (Å²) in [5.74, 6) is 0.561. The number of ether oxygens (including phenoxy) is 2. The van der Waals surface area contributed by atoms with Gasteiger partial charge in [0.25, 0.3) is 0 Å². The highest BCUT2D eigenvalue weighted by Gasteiger charge is 2.09. The summed E-state index contributed by atoms with van der Waals surface area (Å²) in [6.45, 7) is 5.08. The normalized spacial score (nSPS) is 10.0. The zero-order valence-electron chi connectivity index (χ0n) is 11.3. The molecule has 0 saturated carbocycles. The maximum atomic E-state index is 11.2. The van der Waals surface area contributed by atoms with Gasteiger partial charge in [-0.1, -0.05) is 6.92 Å². The van der Waals surface area contributed by atoms with Gasteiger partial charge in [0.15, 0.2) is 5.82 Å². The Balaban J connectivity index is 2.51. The van der Waals surface area contributed by atoms with Crippen molar-refractivity contribution in [3.05, 3.63) is 6.33 Å². The van der Waals surface area contributed by atoms with Crippen molar-refractivity contribution >= 4 is 17.5 Å². The number of nitrogens with two attached hydrogens (primary N) is 1. The van der Waals surface area contributed by atoms with Crippen LogP contribution in [0.5, 0.6) is 5.88 Å². The Hall–Kier alpha value is -2.05. The zero-order chi connectivity index (χ0) is 14.1. The fraction of sp³-hybridized carbons (Fsp3) is 0.583. The van der Waals surface area contributed by atoms with Crippen LogP contribution in [-0.2, 0) is 9.53 Å². The van der Waals surface area contributed by atoms with Gasteiger partial charge in [-0.15, -0.1) is 0 Å². The summed E-state index contributed by atoms with van der Waals surface area (Å²) in [5, 5.41) is 2.96. The molecule has 106 valence electrons. The van der Waals surface area contributed by atoms with Gasteiger partial charge in [0.1, 0.15) is 12.0 Å². The summed E-state index contributed by atoms with van der Waals surface area (Å²) in [6, 6.07) is 0. The van der Waals surface area contributed by atoms with Gasteiger partial charge >= 0.3 is 5.97 Å². The van der Waals surface area contributed by atoms with E-state index in [-0.39, 0.29) is 12.4 Å². The van der Waals surface area contributed by atoms with E-state index >= 15 is 0 Å². The van der Waals surface area contributed by atoms with Crippen LogP contribution in [0, 0.1) is 0 Å². The van der Waals surface area contributed by atoms with E-state index in [1.54, 1.807) is 6.92 Å². The SMILES string of the molecule is CCCOc1ncnc(NCCC(=O)OCC)c1N. The van der Waals surface area contributed by atoms with E-state index in [1.165, 1.54) is 6.33 Å². The van der Waals surface area contributed by atoms with E-state index < -0.39 is 0 Å². The van der Waals surface area contributed by atoms with Crippen molar-refractivity contribution < 1.29 is 14.3 Å². The molecule has 1 aromatic heterocycles. The number of nitrogens with zero attached hydrogens (tertiary/aromatic N) is 2. The van der Waals surface area contributed by atoms with Crippen LogP contribution in [0.1, 0.15) is 26.7 Å². The quantitative estimate of drug-likeness (QED) is 0.683. The van der Waals surface area contributed by atoms with Gasteiger partial charge in [-0.05, 0) is 13.3 Å². The molecule has 0 aliphatic rings. The van der Waals surface area contributed by atoms with Crippen molar-refractivity contribution in [2.24, 2.45) is 0 Å². The number of rotatable bonds is 8. The van der Waals surface area contributed by atoms with E-state index in [2.05, 4.69) is 15.3 Å². The second-order valence-electron chi connectivity index (χ2n) is 3.77. The van der Waals surface area contributed by atoms with Crippen LogP contribution in [0.2, 0.25) is 0 Å². The lowest BCUT2D eigenvalue weighted by Gasteiger charge is -2.11. The molecule has 0 radical (unpaired) electrons. The number of nitrogens with one attached hydrogen (secondary N) is 1. The van der Waals surface area contributed by atoms with Crippen molar-refractivity contribution in [2.75, 3.05) is 30.8 Å². The lowest BCUT2D eigenvalue weighted by atomic mass is 10.4. The van der Waals surface area contributed by atoms with E-state index in [4.69, 9.17) is 15.2 Å². The molecular weight excluding hydrogens is 248 g/mol. The Morgan fingerprint density at radius 3 is 2.89 bits per heavy atom. The number of hydrogen-bond acceptors (Lipinski definition) is 7. The predicted molar refractivity (Wildman–Crippen MR) is 72.0 cm³/mol. The number of carbonyl (C=O) groups is 1. The average Bonchev–Trinajstić information content (AvgIpc) is 2.40. The Morgan fingerprint density at radius 1 is 1.42 bits per heavy atom. The van der Waals surface area contributed by atoms with Crippen LogP contribution in [-0.4, -0.2) is 35.7 Å². The number of carbonyl (C=O) groups excluding carboxylic acids is 1. The molecule has 0 unspecified atom stereocenters. The van der Waals surface area contributed by atoms with Crippen molar-refractivity contribution in [1.29, 1.82) is 0 Å². The first-order chi connectivity index (χ1) is 9.19. The second kappa shape index (κ2) is 8.12. The molecule has 0 amide bonds. The van der Waals surface area contributed by atoms with Crippen LogP contribution < -0.4 is 15.8 Å². The summed E-state index contributed by atoms with van der Waals surface area (Å²) in [4.78, 5) is 19.1. The zero-order valence-corrected chi connectivity index (χ0v) is 11.3. The first-order valence-electron chi connectivity index (χ1n) is 6.31. The van der Waals surface area contributed by atoms with Crippen molar-refractivity contribution in [1.82, 2.24) is 9.97 Å². The topological polar surface area (TPSA) is 99.4 Å². The minimum Gasteiger partial charge on any atom is -0.476 e. The molecule has 0 spiro atoms. The van der Waals surface area contributed by atoms with E-state index in [0.717, 1.165) is 6.42 Å². The van der Waals surface area contributed by atoms with Gasteiger partial charge in [0.2, 0.25) is 5.88 Å². The Bertz CT molecular complexity index is 412. The van der Waals surface area contributed by atoms with Gasteiger partial charge in [0.05, 0.1) is 19.6 Å². The lowest BCUT2D eigenvalue weighted by molar-refractivity contribution is -0.142. The summed E-state index contributed by atoms with van der Waals surface area (Å²) < 4.78 is 10.2. The van der Waals surface area contributed by atoms with Crippen LogP contribution in [0.3, 0.4) is 0 Å². The smallest absolute Gasteiger partial charge is 0.307 e. The number of esters is 1. The first kappa shape index (κ1) is 15.0. The van der Waals surface area contributed by atoms with E-state index in [9.17, 15) is 4.79 Å². The van der Waals surface area contributed by atoms with E-state index in [0.29, 0.717) is 37.1 Å². The van der Waals surface area contributed by atoms with Crippen molar-refractivity contribution in [3.63, 3.8) is 0 Å².